The number of hydrogen-bond acceptors (Lipinski definition) is 6. The molecule has 5 fully saturated rings. The summed E-state index contributed by atoms with van der Waals surface area (Å²) >= 11 is 0. The Hall–Kier alpha value is -1.18. The highest BCUT2D eigenvalue weighted by atomic mass is 32.2. The minimum absolute atomic E-state index is 0.0880. The van der Waals surface area contributed by atoms with Gasteiger partial charge in [-0.15, -0.1) is 0 Å². The van der Waals surface area contributed by atoms with Crippen LogP contribution in [0.15, 0.2) is 23.8 Å². The van der Waals surface area contributed by atoms with Crippen molar-refractivity contribution in [1.29, 1.82) is 0 Å². The predicted molar refractivity (Wildman–Crippen MR) is 196 cm³/mol. The molecule has 9 atom stereocenters. The molecule has 1 aliphatic heterocycles. The molecular formula is C41H68N2O4S. The van der Waals surface area contributed by atoms with Gasteiger partial charge < -0.3 is 15.0 Å². The fourth-order valence-electron chi connectivity index (χ4n) is 13.7. The van der Waals surface area contributed by atoms with E-state index in [0.717, 1.165) is 38.3 Å². The number of methoxy groups -OCH3 is 1. The molecule has 0 radical (unpaired) electrons. The quantitative estimate of drug-likeness (QED) is 0.143. The molecule has 4 saturated carbocycles. The van der Waals surface area contributed by atoms with E-state index in [1.807, 2.05) is 0 Å². The first-order chi connectivity index (χ1) is 22.5. The average Bonchev–Trinajstić information content (AvgIpc) is 3.41. The van der Waals surface area contributed by atoms with Crippen molar-refractivity contribution in [3.8, 4) is 0 Å². The van der Waals surface area contributed by atoms with Crippen LogP contribution >= 0.6 is 0 Å². The van der Waals surface area contributed by atoms with Gasteiger partial charge in [-0.1, -0.05) is 58.4 Å². The zero-order valence-corrected chi connectivity index (χ0v) is 32.4. The van der Waals surface area contributed by atoms with E-state index in [0.29, 0.717) is 70.9 Å². The third-order valence-electron chi connectivity index (χ3n) is 16.5. The highest BCUT2D eigenvalue weighted by molar-refractivity contribution is 7.91. The Kier molecular flexibility index (Phi) is 9.99. The molecule has 5 aliphatic carbocycles. The molecule has 48 heavy (non-hydrogen) atoms. The molecule has 1 saturated heterocycles. The van der Waals surface area contributed by atoms with E-state index < -0.39 is 9.84 Å². The Morgan fingerprint density at radius 3 is 2.38 bits per heavy atom. The minimum Gasteiger partial charge on any atom is -0.469 e. The Balaban J connectivity index is 1.20. The van der Waals surface area contributed by atoms with Gasteiger partial charge in [0.1, 0.15) is 0 Å². The number of esters is 1. The molecule has 272 valence electrons. The van der Waals surface area contributed by atoms with E-state index in [1.54, 1.807) is 5.57 Å². The topological polar surface area (TPSA) is 75.7 Å². The van der Waals surface area contributed by atoms with Crippen LogP contribution in [0.25, 0.3) is 0 Å². The van der Waals surface area contributed by atoms with Crippen molar-refractivity contribution in [3.05, 3.63) is 23.8 Å². The monoisotopic (exact) mass is 684 g/mol. The Morgan fingerprint density at radius 1 is 0.958 bits per heavy atom. The Bertz CT molecular complexity index is 1370. The van der Waals surface area contributed by atoms with Gasteiger partial charge in [-0.2, -0.15) is 0 Å². The van der Waals surface area contributed by atoms with Crippen LogP contribution in [0.3, 0.4) is 0 Å². The average molecular weight is 685 g/mol. The van der Waals surface area contributed by atoms with E-state index in [4.69, 9.17) is 4.74 Å². The summed E-state index contributed by atoms with van der Waals surface area (Å²) < 4.78 is 28.9. The van der Waals surface area contributed by atoms with Crippen LogP contribution in [0.2, 0.25) is 0 Å². The lowest BCUT2D eigenvalue weighted by molar-refractivity contribution is -0.221. The number of rotatable bonds is 10. The zero-order valence-electron chi connectivity index (χ0n) is 31.6. The first kappa shape index (κ1) is 36.6. The molecule has 0 unspecified atom stereocenters. The zero-order chi connectivity index (χ0) is 34.8. The van der Waals surface area contributed by atoms with Crippen molar-refractivity contribution in [3.63, 3.8) is 0 Å². The molecule has 0 aromatic heterocycles. The number of allylic oxidation sites excluding steroid dienone is 3. The maximum absolute atomic E-state index is 12.0. The van der Waals surface area contributed by atoms with Gasteiger partial charge >= 0.3 is 5.97 Å². The van der Waals surface area contributed by atoms with E-state index in [9.17, 15) is 13.2 Å². The van der Waals surface area contributed by atoms with Crippen LogP contribution in [-0.4, -0.2) is 69.6 Å². The molecule has 1 heterocycles. The number of nitrogens with zero attached hydrogens (tertiary/aromatic N) is 1. The van der Waals surface area contributed by atoms with Crippen LogP contribution in [0.4, 0.5) is 0 Å². The smallest absolute Gasteiger partial charge is 0.305 e. The van der Waals surface area contributed by atoms with Crippen LogP contribution in [-0.2, 0) is 19.4 Å². The van der Waals surface area contributed by atoms with Crippen molar-refractivity contribution in [2.75, 3.05) is 44.8 Å². The van der Waals surface area contributed by atoms with Gasteiger partial charge in [0.05, 0.1) is 18.6 Å². The van der Waals surface area contributed by atoms with Gasteiger partial charge in [0.2, 0.25) is 0 Å². The summed E-state index contributed by atoms with van der Waals surface area (Å²) in [5.74, 6) is 3.91. The van der Waals surface area contributed by atoms with E-state index in [2.05, 4.69) is 64.4 Å². The molecule has 0 spiro atoms. The summed E-state index contributed by atoms with van der Waals surface area (Å²) in [6, 6.07) is 0. The molecule has 6 nitrogen and oxygen atoms in total. The van der Waals surface area contributed by atoms with Gasteiger partial charge in [0, 0.05) is 38.1 Å². The van der Waals surface area contributed by atoms with Gasteiger partial charge in [-0.3, -0.25) is 4.79 Å². The fraction of sp³-hybridized carbons (Fsp3) is 0.878. The lowest BCUT2D eigenvalue weighted by atomic mass is 9.33. The minimum atomic E-state index is -2.85. The first-order valence-corrected chi connectivity index (χ1v) is 21.4. The molecule has 0 aromatic carbocycles. The normalized spacial score (nSPS) is 43.2. The van der Waals surface area contributed by atoms with Crippen molar-refractivity contribution in [2.45, 2.75) is 131 Å². The number of ether oxygens (including phenoxy) is 1. The van der Waals surface area contributed by atoms with Crippen LogP contribution in [0.1, 0.15) is 125 Å². The first-order valence-electron chi connectivity index (χ1n) is 19.6. The molecule has 0 bridgehead atoms. The van der Waals surface area contributed by atoms with Crippen molar-refractivity contribution in [2.24, 2.45) is 51.2 Å². The molecule has 0 amide bonds. The predicted octanol–water partition coefficient (Wildman–Crippen LogP) is 7.99. The van der Waals surface area contributed by atoms with E-state index in [-0.39, 0.29) is 16.9 Å². The molecular weight excluding hydrogens is 617 g/mol. The summed E-state index contributed by atoms with van der Waals surface area (Å²) in [5.41, 5.74) is 4.36. The second-order valence-corrected chi connectivity index (χ2v) is 21.0. The number of sulfone groups is 1. The lowest BCUT2D eigenvalue weighted by Crippen LogP contribution is -2.68. The van der Waals surface area contributed by atoms with Crippen LogP contribution in [0.5, 0.6) is 0 Å². The standard InChI is InChI=1S/C41H68N2O4S/c1-29(2)31-16-20-41(42-23-24-43-25-27-48(45,46)28-26-43)22-21-39(6)32(36(31)41)13-14-34-38(5)18-15-30(11-9-10-12-35(44)47-8)37(3,4)33(38)17-19-40(34,39)7/h15,31-34,36,42H,1,9-14,16-28H2,2-8H3/t31-,32+,33-,34+,36+,38-,39+,40+,41-/m0/s1. The van der Waals surface area contributed by atoms with Gasteiger partial charge in [0.15, 0.2) is 9.84 Å². The highest BCUT2D eigenvalue weighted by Gasteiger charge is 2.70. The summed E-state index contributed by atoms with van der Waals surface area (Å²) in [6.45, 7) is 23.4. The summed E-state index contributed by atoms with van der Waals surface area (Å²) in [6.07, 6.45) is 17.9. The lowest BCUT2D eigenvalue weighted by Gasteiger charge is -2.72. The molecule has 1 N–H and O–H groups in total. The van der Waals surface area contributed by atoms with Crippen molar-refractivity contribution in [1.82, 2.24) is 10.2 Å². The number of fused-ring (bicyclic) bond motifs is 7. The largest absolute Gasteiger partial charge is 0.469 e. The van der Waals surface area contributed by atoms with Gasteiger partial charge in [-0.25, -0.2) is 8.42 Å². The number of carbonyl (C=O) groups excluding carboxylic acids is 1. The van der Waals surface area contributed by atoms with E-state index >= 15 is 0 Å². The third-order valence-corrected chi connectivity index (χ3v) is 18.1. The second-order valence-electron chi connectivity index (χ2n) is 18.7. The molecule has 6 rings (SSSR count). The van der Waals surface area contributed by atoms with Crippen molar-refractivity contribution < 1.29 is 17.9 Å². The Morgan fingerprint density at radius 2 is 1.69 bits per heavy atom. The third kappa shape index (κ3) is 5.99. The number of nitrogens with one attached hydrogen (secondary N) is 1. The number of unbranched alkanes of at least 4 members (excludes halogenated alkanes) is 1. The fourth-order valence-corrected chi connectivity index (χ4v) is 14.9. The molecule has 0 aromatic rings. The maximum atomic E-state index is 12.0. The molecule has 7 heteroatoms. The Labute approximate surface area is 293 Å². The van der Waals surface area contributed by atoms with Crippen molar-refractivity contribution >= 4 is 15.8 Å². The van der Waals surface area contributed by atoms with Gasteiger partial charge in [-0.05, 0) is 135 Å². The molecule has 6 aliphatic rings. The maximum Gasteiger partial charge on any atom is 0.305 e. The SMILES string of the molecule is C=C(C)[C@@H]1CC[C@]2(NCCN3CCS(=O)(=O)CC3)CC[C@]3(C)[C@H](CC[C@@H]4[C@@]5(C)CC=C(CCCCC(=O)OC)C(C)(C)[C@@H]5CC[C@]43C)[C@@H]12. The summed E-state index contributed by atoms with van der Waals surface area (Å²) in [4.78, 5) is 14.1. The number of hydrogen-bond donors (Lipinski definition) is 1. The van der Waals surface area contributed by atoms with Crippen LogP contribution < -0.4 is 5.32 Å². The van der Waals surface area contributed by atoms with Crippen LogP contribution in [0, 0.1) is 51.2 Å². The second kappa shape index (κ2) is 13.1. The highest BCUT2D eigenvalue weighted by Crippen LogP contribution is 2.76. The van der Waals surface area contributed by atoms with E-state index in [1.165, 1.54) is 70.5 Å². The number of carbonyl (C=O) groups is 1. The summed E-state index contributed by atoms with van der Waals surface area (Å²) in [5, 5.41) is 4.22. The summed E-state index contributed by atoms with van der Waals surface area (Å²) in [7, 11) is -1.36. The van der Waals surface area contributed by atoms with Gasteiger partial charge in [0.25, 0.3) is 0 Å².